The van der Waals surface area contributed by atoms with E-state index in [1.165, 1.54) is 24.3 Å². The van der Waals surface area contributed by atoms with Crippen LogP contribution in [0.1, 0.15) is 25.0 Å². The molecule has 35 heavy (non-hydrogen) atoms. The third kappa shape index (κ3) is 4.32. The predicted octanol–water partition coefficient (Wildman–Crippen LogP) is 7.74. The van der Waals surface area contributed by atoms with Gasteiger partial charge in [-0.1, -0.05) is 72.8 Å². The second-order valence-electron chi connectivity index (χ2n) is 8.66. The number of halogens is 2. The molecule has 0 unspecified atom stereocenters. The van der Waals surface area contributed by atoms with Crippen LogP contribution in [-0.4, -0.2) is 29.6 Å². The highest BCUT2D eigenvalue weighted by molar-refractivity contribution is 5.98. The third-order valence-corrected chi connectivity index (χ3v) is 6.64. The molecule has 4 aromatic carbocycles. The Morgan fingerprint density at radius 2 is 0.857 bits per heavy atom. The average molecular weight is 467 g/mol. The van der Waals surface area contributed by atoms with Crippen molar-refractivity contribution in [3.63, 3.8) is 0 Å². The summed E-state index contributed by atoms with van der Waals surface area (Å²) in [5, 5.41) is 0. The Morgan fingerprint density at radius 3 is 1.20 bits per heavy atom. The highest BCUT2D eigenvalue weighted by atomic mass is 19.1. The van der Waals surface area contributed by atoms with E-state index in [0.717, 1.165) is 64.5 Å². The molecule has 0 saturated carbocycles. The van der Waals surface area contributed by atoms with Crippen LogP contribution in [-0.2, 0) is 0 Å². The van der Waals surface area contributed by atoms with Crippen LogP contribution in [0.5, 0.6) is 0 Å². The van der Waals surface area contributed by atoms with Gasteiger partial charge in [0.2, 0.25) is 0 Å². The van der Waals surface area contributed by atoms with E-state index in [0.29, 0.717) is 0 Å². The van der Waals surface area contributed by atoms with Gasteiger partial charge in [0.15, 0.2) is 0 Å². The van der Waals surface area contributed by atoms with E-state index < -0.39 is 0 Å². The molecule has 5 rings (SSSR count). The second-order valence-corrected chi connectivity index (χ2v) is 8.66. The van der Waals surface area contributed by atoms with Gasteiger partial charge >= 0.3 is 0 Å². The van der Waals surface area contributed by atoms with Crippen LogP contribution < -0.4 is 0 Å². The molecule has 1 aliphatic rings. The Bertz CT molecular complexity index is 1250. The molecule has 0 radical (unpaired) electrons. The fourth-order valence-corrected chi connectivity index (χ4v) is 4.90. The lowest BCUT2D eigenvalue weighted by atomic mass is 9.92. The molecule has 0 aromatic heterocycles. The maximum atomic E-state index is 13.7. The minimum Gasteiger partial charge on any atom is -0.352 e. The van der Waals surface area contributed by atoms with Gasteiger partial charge in [-0.05, 0) is 60.4 Å². The summed E-state index contributed by atoms with van der Waals surface area (Å²) in [4.78, 5) is 4.78. The topological polar surface area (TPSA) is 6.48 Å². The summed E-state index contributed by atoms with van der Waals surface area (Å²) in [6.45, 7) is 6.83. The van der Waals surface area contributed by atoms with E-state index in [1.807, 2.05) is 36.4 Å². The van der Waals surface area contributed by atoms with Crippen molar-refractivity contribution < 1.29 is 8.78 Å². The number of rotatable bonds is 6. The summed E-state index contributed by atoms with van der Waals surface area (Å²) in [7, 11) is 0. The van der Waals surface area contributed by atoms with Crippen LogP contribution in [0.3, 0.4) is 0 Å². The van der Waals surface area contributed by atoms with Crippen LogP contribution >= 0.6 is 0 Å². The maximum Gasteiger partial charge on any atom is 0.123 e. The van der Waals surface area contributed by atoms with Crippen molar-refractivity contribution in [3.05, 3.63) is 120 Å². The van der Waals surface area contributed by atoms with Gasteiger partial charge in [0.1, 0.15) is 11.6 Å². The molecule has 4 aromatic rings. The summed E-state index contributed by atoms with van der Waals surface area (Å²) in [5.41, 5.74) is 8.62. The van der Waals surface area contributed by atoms with Gasteiger partial charge in [-0.3, -0.25) is 0 Å². The minimum absolute atomic E-state index is 0.243. The Morgan fingerprint density at radius 1 is 0.514 bits per heavy atom. The number of hydrogen-bond acceptors (Lipinski definition) is 2. The standard InChI is InChI=1S/C31H28F2N2/c1-3-34-21-35(4-2)31(29-12-8-6-10-27(29)23-15-19-25(33)20-16-23)30(34)28-11-7-5-9-26(28)22-13-17-24(32)18-14-22/h5-20H,3-4,21H2,1-2H3. The third-order valence-electron chi connectivity index (χ3n) is 6.64. The fraction of sp³-hybridized carbons (Fsp3) is 0.161. The first-order valence-electron chi connectivity index (χ1n) is 12.1. The minimum atomic E-state index is -0.243. The molecule has 176 valence electrons. The highest BCUT2D eigenvalue weighted by Crippen LogP contribution is 2.43. The Kier molecular flexibility index (Phi) is 6.37. The van der Waals surface area contributed by atoms with Gasteiger partial charge in [0.25, 0.3) is 0 Å². The second kappa shape index (κ2) is 9.75. The van der Waals surface area contributed by atoms with E-state index in [1.54, 1.807) is 0 Å². The first kappa shape index (κ1) is 22.9. The van der Waals surface area contributed by atoms with Crippen molar-refractivity contribution in [2.45, 2.75) is 13.8 Å². The molecule has 0 fully saturated rings. The van der Waals surface area contributed by atoms with E-state index in [4.69, 9.17) is 0 Å². The Balaban J connectivity index is 1.77. The molecule has 0 aliphatic carbocycles. The number of benzene rings is 4. The molecule has 0 saturated heterocycles. The first-order chi connectivity index (χ1) is 17.1. The summed E-state index contributed by atoms with van der Waals surface area (Å²) in [6.07, 6.45) is 0. The molecule has 2 nitrogen and oxygen atoms in total. The number of hydrogen-bond donors (Lipinski definition) is 0. The molecular formula is C31H28F2N2. The lowest BCUT2D eigenvalue weighted by molar-refractivity contribution is 0.297. The van der Waals surface area contributed by atoms with Crippen LogP contribution in [0.15, 0.2) is 97.1 Å². The van der Waals surface area contributed by atoms with E-state index in [2.05, 4.69) is 60.0 Å². The molecule has 0 bridgehead atoms. The zero-order chi connectivity index (χ0) is 24.4. The van der Waals surface area contributed by atoms with E-state index >= 15 is 0 Å². The van der Waals surface area contributed by atoms with Crippen LogP contribution in [0.25, 0.3) is 33.6 Å². The Hall–Kier alpha value is -3.92. The normalized spacial score (nSPS) is 13.6. The van der Waals surface area contributed by atoms with Gasteiger partial charge in [0, 0.05) is 24.2 Å². The monoisotopic (exact) mass is 466 g/mol. The van der Waals surface area contributed by atoms with Crippen molar-refractivity contribution in [2.24, 2.45) is 0 Å². The van der Waals surface area contributed by atoms with Gasteiger partial charge in [-0.25, -0.2) is 8.78 Å². The zero-order valence-corrected chi connectivity index (χ0v) is 20.0. The molecule has 0 N–H and O–H groups in total. The van der Waals surface area contributed by atoms with Crippen molar-refractivity contribution >= 4 is 11.4 Å². The molecule has 0 amide bonds. The smallest absolute Gasteiger partial charge is 0.123 e. The van der Waals surface area contributed by atoms with Gasteiger partial charge < -0.3 is 9.80 Å². The summed E-state index contributed by atoms with van der Waals surface area (Å²) >= 11 is 0. The summed E-state index contributed by atoms with van der Waals surface area (Å²) < 4.78 is 27.4. The van der Waals surface area contributed by atoms with Crippen molar-refractivity contribution in [1.29, 1.82) is 0 Å². The fourth-order valence-electron chi connectivity index (χ4n) is 4.90. The molecular weight excluding hydrogens is 438 g/mol. The van der Waals surface area contributed by atoms with Crippen molar-refractivity contribution in [3.8, 4) is 22.3 Å². The largest absolute Gasteiger partial charge is 0.352 e. The first-order valence-corrected chi connectivity index (χ1v) is 12.1. The van der Waals surface area contributed by atoms with Gasteiger partial charge in [0.05, 0.1) is 18.1 Å². The number of nitrogens with zero attached hydrogens (tertiary/aromatic N) is 2. The maximum absolute atomic E-state index is 13.7. The lowest BCUT2D eigenvalue weighted by Gasteiger charge is -2.23. The van der Waals surface area contributed by atoms with Crippen LogP contribution in [0.4, 0.5) is 8.78 Å². The van der Waals surface area contributed by atoms with E-state index in [-0.39, 0.29) is 11.6 Å². The quantitative estimate of drug-likeness (QED) is 0.287. The van der Waals surface area contributed by atoms with Crippen LogP contribution in [0, 0.1) is 11.6 Å². The summed E-state index contributed by atoms with van der Waals surface area (Å²) in [6, 6.07) is 30.0. The van der Waals surface area contributed by atoms with Crippen LogP contribution in [0.2, 0.25) is 0 Å². The summed E-state index contributed by atoms with van der Waals surface area (Å²) in [5.74, 6) is -0.486. The average Bonchev–Trinajstić information content (AvgIpc) is 3.28. The predicted molar refractivity (Wildman–Crippen MR) is 140 cm³/mol. The molecule has 0 atom stereocenters. The highest BCUT2D eigenvalue weighted by Gasteiger charge is 2.31. The lowest BCUT2D eigenvalue weighted by Crippen LogP contribution is -2.27. The molecule has 1 heterocycles. The van der Waals surface area contributed by atoms with Gasteiger partial charge in [-0.15, -0.1) is 0 Å². The Labute approximate surface area is 205 Å². The van der Waals surface area contributed by atoms with Gasteiger partial charge in [-0.2, -0.15) is 0 Å². The van der Waals surface area contributed by atoms with Crippen molar-refractivity contribution in [1.82, 2.24) is 9.80 Å². The van der Waals surface area contributed by atoms with Crippen molar-refractivity contribution in [2.75, 3.05) is 19.8 Å². The van der Waals surface area contributed by atoms with E-state index in [9.17, 15) is 8.78 Å². The zero-order valence-electron chi connectivity index (χ0n) is 20.0. The molecule has 4 heteroatoms. The molecule has 1 aliphatic heterocycles. The molecule has 0 spiro atoms. The SMILES string of the molecule is CCN1CN(CC)C(c2ccccc2-c2ccc(F)cc2)=C1c1ccccc1-c1ccc(F)cc1.